The maximum absolute atomic E-state index is 12.8. The number of allylic oxidation sites excluding steroid dienone is 12. The number of carbonyl (C=O) groups is 2. The zero-order valence-electron chi connectivity index (χ0n) is 38.7. The fraction of sp³-hybridized carbons (Fsp3) is 0.673. The molecule has 16 heteroatoms. The lowest BCUT2D eigenvalue weighted by molar-refractivity contribution is -0.220. The molecule has 0 spiro atoms. The number of rotatable bonds is 37. The van der Waals surface area contributed by atoms with Crippen LogP contribution < -0.4 is 0 Å². The van der Waals surface area contributed by atoms with Gasteiger partial charge in [-0.1, -0.05) is 144 Å². The quantitative estimate of drug-likeness (QED) is 0.0101. The third-order valence-corrected chi connectivity index (χ3v) is 11.4. The third kappa shape index (κ3) is 30.8. The summed E-state index contributed by atoms with van der Waals surface area (Å²) in [6, 6.07) is 0. The van der Waals surface area contributed by atoms with Gasteiger partial charge in [0, 0.05) is 12.8 Å². The fourth-order valence-electron chi connectivity index (χ4n) is 6.51. The number of hydrogen-bond donors (Lipinski definition) is 8. The fourth-order valence-corrected chi connectivity index (χ4v) is 7.48. The van der Waals surface area contributed by atoms with Crippen molar-refractivity contribution in [3.8, 4) is 0 Å². The minimum absolute atomic E-state index is 0.0870. The Bertz CT molecular complexity index is 1490. The normalized spacial score (nSPS) is 23.2. The van der Waals surface area contributed by atoms with Gasteiger partial charge in [0.15, 0.2) is 6.10 Å². The second kappa shape index (κ2) is 38.0. The number of esters is 2. The average Bonchev–Trinajstić information content (AvgIpc) is 3.27. The van der Waals surface area contributed by atoms with Crippen molar-refractivity contribution >= 4 is 19.8 Å². The number of carbonyl (C=O) groups excluding carboxylic acids is 2. The van der Waals surface area contributed by atoms with Crippen molar-refractivity contribution in [3.63, 3.8) is 0 Å². The number of aliphatic hydroxyl groups is 7. The van der Waals surface area contributed by atoms with Crippen LogP contribution in [0.25, 0.3) is 0 Å². The Kier molecular flexibility index (Phi) is 35.0. The molecule has 0 radical (unpaired) electrons. The summed E-state index contributed by atoms with van der Waals surface area (Å²) in [5.41, 5.74) is 0. The van der Waals surface area contributed by atoms with E-state index in [0.29, 0.717) is 12.8 Å². The monoisotopic (exact) mass is 941 g/mol. The number of aliphatic hydroxyl groups excluding tert-OH is 7. The van der Waals surface area contributed by atoms with E-state index in [0.717, 1.165) is 70.6 Å². The molecule has 1 saturated carbocycles. The van der Waals surface area contributed by atoms with Crippen molar-refractivity contribution < 1.29 is 73.3 Å². The van der Waals surface area contributed by atoms with E-state index in [1.165, 1.54) is 19.3 Å². The molecule has 15 nitrogen and oxygen atoms in total. The Morgan fingerprint density at radius 3 is 1.62 bits per heavy atom. The van der Waals surface area contributed by atoms with E-state index >= 15 is 0 Å². The van der Waals surface area contributed by atoms with Crippen molar-refractivity contribution in [3.05, 3.63) is 85.1 Å². The lowest BCUT2D eigenvalue weighted by atomic mass is 9.85. The predicted molar refractivity (Wildman–Crippen MR) is 251 cm³/mol. The lowest BCUT2D eigenvalue weighted by Gasteiger charge is -2.41. The summed E-state index contributed by atoms with van der Waals surface area (Å²) in [5, 5.41) is 70.4. The van der Waals surface area contributed by atoms with Crippen LogP contribution in [0.3, 0.4) is 0 Å². The summed E-state index contributed by atoms with van der Waals surface area (Å²) in [6.07, 6.45) is 28.3. The van der Waals surface area contributed by atoms with Gasteiger partial charge < -0.3 is 50.1 Å². The molecule has 1 rings (SSSR count). The highest BCUT2D eigenvalue weighted by Crippen LogP contribution is 2.47. The van der Waals surface area contributed by atoms with Gasteiger partial charge in [-0.2, -0.15) is 0 Å². The molecule has 3 unspecified atom stereocenters. The average molecular weight is 941 g/mol. The molecule has 10 atom stereocenters. The molecular formula is C49H81O15P. The topological polar surface area (TPSA) is 250 Å². The van der Waals surface area contributed by atoms with Crippen LogP contribution in [-0.2, 0) is 32.7 Å². The van der Waals surface area contributed by atoms with Gasteiger partial charge in [-0.15, -0.1) is 0 Å². The molecule has 0 aromatic rings. The first-order valence-electron chi connectivity index (χ1n) is 23.6. The van der Waals surface area contributed by atoms with Gasteiger partial charge in [0.1, 0.15) is 43.2 Å². The van der Waals surface area contributed by atoms with E-state index in [1.807, 2.05) is 24.3 Å². The van der Waals surface area contributed by atoms with Crippen molar-refractivity contribution in [2.24, 2.45) is 0 Å². The highest BCUT2D eigenvalue weighted by Gasteiger charge is 2.51. The molecule has 0 heterocycles. The molecule has 0 aliphatic heterocycles. The second-order valence-corrected chi connectivity index (χ2v) is 17.7. The van der Waals surface area contributed by atoms with Crippen molar-refractivity contribution in [1.82, 2.24) is 0 Å². The van der Waals surface area contributed by atoms with Crippen LogP contribution in [0.4, 0.5) is 0 Å². The first-order valence-corrected chi connectivity index (χ1v) is 25.1. The SMILES string of the molecule is CCCCC/C=C\C/C=C\C/C=C\CCCCCCC(=O)OC[C@H](COP(=O)(O)OC1[C@H](O)[C@H](O)C(O)[C@H](O)[C@H]1O)OC(=O)CCC[C@H](O)/C=C/C=C\C/C=C\C=C\[C@H](O)CCCCC. The smallest absolute Gasteiger partial charge is 0.462 e. The van der Waals surface area contributed by atoms with Gasteiger partial charge in [0.05, 0.1) is 18.8 Å². The zero-order chi connectivity index (χ0) is 48.1. The second-order valence-electron chi connectivity index (χ2n) is 16.3. The standard InChI is InChI=1S/C49H81O15P/c1-3-5-7-8-9-10-11-12-13-14-15-16-17-18-22-25-29-35-42(52)61-37-41(38-62-65(59,60)64-49-47(57)45(55)44(54)46(56)48(49)58)63-43(53)36-30-34-40(51)33-28-24-21-19-20-23-27-32-39(50)31-26-6-4-2/h9-10,12-13,15-16,20-21,23-24,27-28,32-33,39-41,44-51,54-58H,3-8,11,14,17-19,22,25-26,29-31,34-38H2,1-2H3,(H,59,60)/b10-9-,13-12-,16-15-,23-20-,24-21-,32-27+,33-28+/t39-,40-,41-,44?,45-,46+,47-,48-,49?/m1/s1. The Balaban J connectivity index is 2.59. The summed E-state index contributed by atoms with van der Waals surface area (Å²) in [4.78, 5) is 35.7. The van der Waals surface area contributed by atoms with Crippen molar-refractivity contribution in [2.75, 3.05) is 13.2 Å². The van der Waals surface area contributed by atoms with E-state index in [1.54, 1.807) is 24.3 Å². The highest BCUT2D eigenvalue weighted by molar-refractivity contribution is 7.47. The van der Waals surface area contributed by atoms with Crippen LogP contribution in [-0.4, -0.2) is 121 Å². The Morgan fingerprint density at radius 1 is 0.554 bits per heavy atom. The van der Waals surface area contributed by atoms with Gasteiger partial charge in [0.2, 0.25) is 0 Å². The van der Waals surface area contributed by atoms with Gasteiger partial charge in [0.25, 0.3) is 0 Å². The van der Waals surface area contributed by atoms with Gasteiger partial charge in [-0.05, 0) is 70.6 Å². The molecule has 65 heavy (non-hydrogen) atoms. The van der Waals surface area contributed by atoms with Crippen LogP contribution in [0.15, 0.2) is 85.1 Å². The van der Waals surface area contributed by atoms with Gasteiger partial charge in [-0.3, -0.25) is 18.6 Å². The first kappa shape index (κ1) is 60.0. The molecule has 0 aromatic carbocycles. The Labute approximate surface area is 387 Å². The number of hydrogen-bond acceptors (Lipinski definition) is 14. The van der Waals surface area contributed by atoms with Crippen LogP contribution in [0, 0.1) is 0 Å². The number of ether oxygens (including phenoxy) is 2. The van der Waals surface area contributed by atoms with Crippen LogP contribution in [0.1, 0.15) is 142 Å². The van der Waals surface area contributed by atoms with Crippen LogP contribution >= 0.6 is 7.82 Å². The summed E-state index contributed by atoms with van der Waals surface area (Å²) < 4.78 is 33.3. The van der Waals surface area contributed by atoms with E-state index < -0.39 is 87.9 Å². The van der Waals surface area contributed by atoms with Gasteiger partial charge >= 0.3 is 19.8 Å². The Hall–Kier alpha value is -3.05. The van der Waals surface area contributed by atoms with Crippen LogP contribution in [0.2, 0.25) is 0 Å². The molecule has 0 aromatic heterocycles. The minimum Gasteiger partial charge on any atom is -0.462 e. The number of phosphoric ester groups is 1. The van der Waals surface area contributed by atoms with E-state index in [4.69, 9.17) is 18.5 Å². The lowest BCUT2D eigenvalue weighted by Crippen LogP contribution is -2.64. The summed E-state index contributed by atoms with van der Waals surface area (Å²) in [5.74, 6) is -1.36. The molecule has 0 saturated heterocycles. The summed E-state index contributed by atoms with van der Waals surface area (Å²) in [7, 11) is -5.20. The maximum Gasteiger partial charge on any atom is 0.472 e. The van der Waals surface area contributed by atoms with Crippen LogP contribution in [0.5, 0.6) is 0 Å². The number of unbranched alkanes of at least 4 members (excludes halogenated alkanes) is 9. The van der Waals surface area contributed by atoms with Gasteiger partial charge in [-0.25, -0.2) is 4.57 Å². The summed E-state index contributed by atoms with van der Waals surface area (Å²) in [6.45, 7) is 2.95. The minimum atomic E-state index is -5.20. The summed E-state index contributed by atoms with van der Waals surface area (Å²) >= 11 is 0. The van der Waals surface area contributed by atoms with E-state index in [9.17, 15) is 54.8 Å². The molecule has 1 aliphatic rings. The van der Waals surface area contributed by atoms with E-state index in [2.05, 4.69) is 50.3 Å². The molecular weight excluding hydrogens is 859 g/mol. The molecule has 0 bridgehead atoms. The molecule has 372 valence electrons. The van der Waals surface area contributed by atoms with Crippen molar-refractivity contribution in [2.45, 2.75) is 197 Å². The molecule has 0 amide bonds. The zero-order valence-corrected chi connectivity index (χ0v) is 39.6. The molecule has 1 aliphatic carbocycles. The number of phosphoric acid groups is 1. The van der Waals surface area contributed by atoms with Crippen molar-refractivity contribution in [1.29, 1.82) is 0 Å². The maximum atomic E-state index is 12.8. The Morgan fingerprint density at radius 2 is 1.03 bits per heavy atom. The largest absolute Gasteiger partial charge is 0.472 e. The highest BCUT2D eigenvalue weighted by atomic mass is 31.2. The molecule has 1 fully saturated rings. The van der Waals surface area contributed by atoms with E-state index in [-0.39, 0.29) is 25.7 Å². The molecule has 8 N–H and O–H groups in total. The first-order chi connectivity index (χ1) is 31.2. The third-order valence-electron chi connectivity index (χ3n) is 10.4. The predicted octanol–water partition coefficient (Wildman–Crippen LogP) is 7.22.